The zero-order valence-electron chi connectivity index (χ0n) is 11.3. The molecule has 0 bridgehead atoms. The summed E-state index contributed by atoms with van der Waals surface area (Å²) < 4.78 is 12.8. The van der Waals surface area contributed by atoms with Crippen molar-refractivity contribution in [1.29, 1.82) is 0 Å². The molecule has 1 heterocycles. The summed E-state index contributed by atoms with van der Waals surface area (Å²) in [5.74, 6) is 2.28. The van der Waals surface area contributed by atoms with Crippen molar-refractivity contribution in [3.63, 3.8) is 0 Å². The molecule has 0 atom stereocenters. The standard InChI is InChI=1S/C14H19N3O2/c1-3-18-12-5-4-6-13(10-12)19-8-7-11-9-14(15)17(2)16-11/h4-6,9-10H,3,7-8,15H2,1-2H3. The van der Waals surface area contributed by atoms with Crippen LogP contribution in [-0.4, -0.2) is 23.0 Å². The largest absolute Gasteiger partial charge is 0.494 e. The number of nitrogens with zero attached hydrogens (tertiary/aromatic N) is 2. The van der Waals surface area contributed by atoms with E-state index in [1.165, 1.54) is 0 Å². The zero-order valence-corrected chi connectivity index (χ0v) is 11.3. The highest BCUT2D eigenvalue weighted by atomic mass is 16.5. The highest BCUT2D eigenvalue weighted by molar-refractivity contribution is 5.33. The van der Waals surface area contributed by atoms with E-state index in [1.807, 2.05) is 44.3 Å². The number of benzene rings is 1. The maximum Gasteiger partial charge on any atom is 0.123 e. The fourth-order valence-electron chi connectivity index (χ4n) is 1.76. The molecule has 19 heavy (non-hydrogen) atoms. The third-order valence-electron chi connectivity index (χ3n) is 2.71. The summed E-state index contributed by atoms with van der Waals surface area (Å²) in [6, 6.07) is 9.49. The van der Waals surface area contributed by atoms with E-state index >= 15 is 0 Å². The molecule has 1 aromatic heterocycles. The number of anilines is 1. The molecule has 0 saturated carbocycles. The lowest BCUT2D eigenvalue weighted by Crippen LogP contribution is -2.03. The monoisotopic (exact) mass is 261 g/mol. The molecule has 2 rings (SSSR count). The van der Waals surface area contributed by atoms with Crippen molar-refractivity contribution >= 4 is 5.82 Å². The summed E-state index contributed by atoms with van der Waals surface area (Å²) in [5, 5.41) is 4.28. The van der Waals surface area contributed by atoms with Crippen LogP contribution in [0.5, 0.6) is 11.5 Å². The van der Waals surface area contributed by atoms with Crippen LogP contribution >= 0.6 is 0 Å². The van der Waals surface area contributed by atoms with Crippen LogP contribution in [0, 0.1) is 0 Å². The molecule has 0 radical (unpaired) electrons. The molecule has 2 N–H and O–H groups in total. The molecule has 1 aromatic carbocycles. The number of hydrogen-bond donors (Lipinski definition) is 1. The van der Waals surface area contributed by atoms with Crippen molar-refractivity contribution in [2.75, 3.05) is 18.9 Å². The summed E-state index contributed by atoms with van der Waals surface area (Å²) in [6.45, 7) is 3.17. The van der Waals surface area contributed by atoms with Gasteiger partial charge in [-0.1, -0.05) is 6.07 Å². The number of hydrogen-bond acceptors (Lipinski definition) is 4. The third kappa shape index (κ3) is 3.64. The molecular weight excluding hydrogens is 242 g/mol. The summed E-state index contributed by atoms with van der Waals surface area (Å²) in [6.07, 6.45) is 0.726. The second kappa shape index (κ2) is 6.13. The number of nitrogen functional groups attached to an aromatic ring is 1. The molecule has 2 aromatic rings. The Kier molecular flexibility index (Phi) is 4.28. The van der Waals surface area contributed by atoms with Crippen LogP contribution in [0.15, 0.2) is 30.3 Å². The van der Waals surface area contributed by atoms with Crippen molar-refractivity contribution in [2.45, 2.75) is 13.3 Å². The topological polar surface area (TPSA) is 62.3 Å². The van der Waals surface area contributed by atoms with Gasteiger partial charge in [0.25, 0.3) is 0 Å². The lowest BCUT2D eigenvalue weighted by Gasteiger charge is -2.07. The Bertz CT molecular complexity index is 518. The second-order valence-corrected chi connectivity index (χ2v) is 4.19. The number of ether oxygens (including phenoxy) is 2. The Labute approximate surface area is 112 Å². The van der Waals surface area contributed by atoms with E-state index in [4.69, 9.17) is 15.2 Å². The van der Waals surface area contributed by atoms with E-state index in [0.717, 1.165) is 23.6 Å². The first-order valence-corrected chi connectivity index (χ1v) is 6.33. The van der Waals surface area contributed by atoms with Crippen molar-refractivity contribution in [3.05, 3.63) is 36.0 Å². The Morgan fingerprint density at radius 1 is 1.21 bits per heavy atom. The van der Waals surface area contributed by atoms with E-state index in [0.29, 0.717) is 19.0 Å². The summed E-state index contributed by atoms with van der Waals surface area (Å²) in [4.78, 5) is 0. The van der Waals surface area contributed by atoms with E-state index in [9.17, 15) is 0 Å². The predicted molar refractivity (Wildman–Crippen MR) is 74.4 cm³/mol. The maximum atomic E-state index is 5.72. The van der Waals surface area contributed by atoms with E-state index in [2.05, 4.69) is 5.10 Å². The first-order chi connectivity index (χ1) is 9.19. The van der Waals surface area contributed by atoms with E-state index in [1.54, 1.807) is 4.68 Å². The Morgan fingerprint density at radius 2 is 1.95 bits per heavy atom. The minimum atomic E-state index is 0.562. The average Bonchev–Trinajstić information content (AvgIpc) is 2.70. The van der Waals surface area contributed by atoms with E-state index in [-0.39, 0.29) is 0 Å². The molecule has 0 spiro atoms. The Balaban J connectivity index is 1.86. The van der Waals surface area contributed by atoms with Crippen LogP contribution in [0.2, 0.25) is 0 Å². The molecule has 0 aliphatic heterocycles. The van der Waals surface area contributed by atoms with Gasteiger partial charge in [-0.25, -0.2) is 0 Å². The number of aryl methyl sites for hydroxylation is 1. The minimum Gasteiger partial charge on any atom is -0.494 e. The van der Waals surface area contributed by atoms with Crippen LogP contribution in [-0.2, 0) is 13.5 Å². The fourth-order valence-corrected chi connectivity index (χ4v) is 1.76. The quantitative estimate of drug-likeness (QED) is 0.864. The van der Waals surface area contributed by atoms with Crippen molar-refractivity contribution in [1.82, 2.24) is 9.78 Å². The van der Waals surface area contributed by atoms with Crippen molar-refractivity contribution < 1.29 is 9.47 Å². The van der Waals surface area contributed by atoms with Crippen LogP contribution < -0.4 is 15.2 Å². The van der Waals surface area contributed by atoms with Gasteiger partial charge in [-0.3, -0.25) is 4.68 Å². The molecule has 0 unspecified atom stereocenters. The Morgan fingerprint density at radius 3 is 2.58 bits per heavy atom. The van der Waals surface area contributed by atoms with Gasteiger partial charge in [0.1, 0.15) is 17.3 Å². The number of nitrogens with two attached hydrogens (primary N) is 1. The average molecular weight is 261 g/mol. The molecule has 0 aliphatic rings. The van der Waals surface area contributed by atoms with Gasteiger partial charge in [-0.05, 0) is 19.1 Å². The third-order valence-corrected chi connectivity index (χ3v) is 2.71. The number of rotatable bonds is 6. The van der Waals surface area contributed by atoms with Gasteiger partial charge in [-0.2, -0.15) is 5.10 Å². The smallest absolute Gasteiger partial charge is 0.123 e. The molecular formula is C14H19N3O2. The van der Waals surface area contributed by atoms with Gasteiger partial charge in [0.2, 0.25) is 0 Å². The van der Waals surface area contributed by atoms with Crippen LogP contribution in [0.1, 0.15) is 12.6 Å². The molecule has 0 saturated heterocycles. The molecule has 5 nitrogen and oxygen atoms in total. The molecule has 102 valence electrons. The fraction of sp³-hybridized carbons (Fsp3) is 0.357. The highest BCUT2D eigenvalue weighted by Crippen LogP contribution is 2.19. The summed E-state index contributed by atoms with van der Waals surface area (Å²) in [5.41, 5.74) is 6.65. The van der Waals surface area contributed by atoms with Gasteiger partial charge in [0.05, 0.1) is 18.9 Å². The van der Waals surface area contributed by atoms with Crippen LogP contribution in [0.25, 0.3) is 0 Å². The lowest BCUT2D eigenvalue weighted by atomic mass is 10.3. The lowest BCUT2D eigenvalue weighted by molar-refractivity contribution is 0.311. The van der Waals surface area contributed by atoms with Crippen LogP contribution in [0.3, 0.4) is 0 Å². The first kappa shape index (κ1) is 13.3. The molecule has 0 amide bonds. The molecule has 0 aliphatic carbocycles. The van der Waals surface area contributed by atoms with Crippen molar-refractivity contribution in [3.8, 4) is 11.5 Å². The molecule has 0 fully saturated rings. The van der Waals surface area contributed by atoms with Gasteiger partial charge < -0.3 is 15.2 Å². The first-order valence-electron chi connectivity index (χ1n) is 6.33. The molecule has 5 heteroatoms. The Hall–Kier alpha value is -2.17. The maximum absolute atomic E-state index is 5.72. The van der Waals surface area contributed by atoms with Gasteiger partial charge in [0, 0.05) is 25.6 Å². The summed E-state index contributed by atoms with van der Waals surface area (Å²) in [7, 11) is 1.82. The van der Waals surface area contributed by atoms with E-state index < -0.39 is 0 Å². The number of aromatic nitrogens is 2. The van der Waals surface area contributed by atoms with Crippen LogP contribution in [0.4, 0.5) is 5.82 Å². The second-order valence-electron chi connectivity index (χ2n) is 4.19. The van der Waals surface area contributed by atoms with Gasteiger partial charge in [0.15, 0.2) is 0 Å². The van der Waals surface area contributed by atoms with Gasteiger partial charge in [-0.15, -0.1) is 0 Å². The minimum absolute atomic E-state index is 0.562. The normalized spacial score (nSPS) is 10.4. The highest BCUT2D eigenvalue weighted by Gasteiger charge is 2.03. The van der Waals surface area contributed by atoms with Gasteiger partial charge >= 0.3 is 0 Å². The predicted octanol–water partition coefficient (Wildman–Crippen LogP) is 2.02. The SMILES string of the molecule is CCOc1cccc(OCCc2cc(N)n(C)n2)c1. The summed E-state index contributed by atoms with van der Waals surface area (Å²) >= 11 is 0. The van der Waals surface area contributed by atoms with Crippen molar-refractivity contribution in [2.24, 2.45) is 7.05 Å². The zero-order chi connectivity index (χ0) is 13.7.